The molecule has 0 atom stereocenters. The van der Waals surface area contributed by atoms with E-state index in [1.165, 1.54) is 6.42 Å². The zero-order valence-corrected chi connectivity index (χ0v) is 12.3. The van der Waals surface area contributed by atoms with Gasteiger partial charge >= 0.3 is 0 Å². The molecule has 2 fully saturated rings. The van der Waals surface area contributed by atoms with Crippen LogP contribution in [0.25, 0.3) is 0 Å². The number of nitrogens with zero attached hydrogens (tertiary/aromatic N) is 3. The molecule has 1 N–H and O–H groups in total. The highest BCUT2D eigenvalue weighted by Gasteiger charge is 2.31. The molecule has 0 radical (unpaired) electrons. The number of H-pyrrole nitrogens is 1. The summed E-state index contributed by atoms with van der Waals surface area (Å²) < 4.78 is 0. The third-order valence-electron chi connectivity index (χ3n) is 4.76. The van der Waals surface area contributed by atoms with Crippen LogP contribution in [0.2, 0.25) is 0 Å². The van der Waals surface area contributed by atoms with E-state index < -0.39 is 0 Å². The molecular weight excluding hydrogens is 252 g/mol. The van der Waals surface area contributed by atoms with Crippen molar-refractivity contribution >= 4 is 5.91 Å². The number of hydrogen-bond acceptors (Lipinski definition) is 3. The Hall–Kier alpha value is -1.39. The lowest BCUT2D eigenvalue weighted by molar-refractivity contribution is -0.139. The zero-order chi connectivity index (χ0) is 13.9. The predicted molar refractivity (Wildman–Crippen MR) is 76.1 cm³/mol. The van der Waals surface area contributed by atoms with E-state index in [2.05, 4.69) is 27.0 Å². The zero-order valence-electron chi connectivity index (χ0n) is 12.3. The van der Waals surface area contributed by atoms with Crippen LogP contribution in [0.4, 0.5) is 0 Å². The topological polar surface area (TPSA) is 61.9 Å². The molecule has 110 valence electrons. The summed E-state index contributed by atoms with van der Waals surface area (Å²) in [6, 6.07) is 0. The molecule has 1 saturated carbocycles. The third-order valence-corrected chi connectivity index (χ3v) is 4.76. The molecule has 5 heteroatoms. The highest BCUT2D eigenvalue weighted by Crippen LogP contribution is 2.30. The van der Waals surface area contributed by atoms with Crippen molar-refractivity contribution in [1.82, 2.24) is 20.1 Å². The second-order valence-corrected chi connectivity index (χ2v) is 6.15. The molecule has 1 amide bonds. The number of aromatic amines is 1. The largest absolute Gasteiger partial charge is 0.342 e. The van der Waals surface area contributed by atoms with E-state index >= 15 is 0 Å². The predicted octanol–water partition coefficient (Wildman–Crippen LogP) is 1.95. The van der Waals surface area contributed by atoms with Gasteiger partial charge in [-0.1, -0.05) is 13.3 Å². The van der Waals surface area contributed by atoms with Gasteiger partial charge in [0.25, 0.3) is 0 Å². The summed E-state index contributed by atoms with van der Waals surface area (Å²) in [6.45, 7) is 3.92. The molecule has 1 aliphatic heterocycles. The molecule has 2 aliphatic rings. The lowest BCUT2D eigenvalue weighted by Gasteiger charge is -2.36. The summed E-state index contributed by atoms with van der Waals surface area (Å²) in [5, 5.41) is 7.22. The number of carbonyl (C=O) groups is 1. The van der Waals surface area contributed by atoms with E-state index in [-0.39, 0.29) is 0 Å². The Morgan fingerprint density at radius 2 is 2.05 bits per heavy atom. The van der Waals surface area contributed by atoms with Crippen molar-refractivity contribution in [3.63, 3.8) is 0 Å². The molecule has 0 aromatic carbocycles. The molecule has 1 saturated heterocycles. The van der Waals surface area contributed by atoms with Crippen molar-refractivity contribution in [1.29, 1.82) is 0 Å². The first kappa shape index (κ1) is 13.6. The molecule has 2 heterocycles. The van der Waals surface area contributed by atoms with Crippen LogP contribution < -0.4 is 0 Å². The van der Waals surface area contributed by atoms with Crippen molar-refractivity contribution in [2.45, 2.75) is 51.9 Å². The van der Waals surface area contributed by atoms with Gasteiger partial charge in [-0.15, -0.1) is 0 Å². The standard InChI is InChI=1S/C15H24N4O/c1-2-13-16-14(18-17-13)10-11-6-8-19(9-7-11)15(20)12-4-3-5-12/h11-12H,2-10H2,1H3,(H,16,17,18). The Morgan fingerprint density at radius 1 is 1.30 bits per heavy atom. The van der Waals surface area contributed by atoms with Crippen LogP contribution in [0.15, 0.2) is 0 Å². The average molecular weight is 276 g/mol. The van der Waals surface area contributed by atoms with E-state index in [4.69, 9.17) is 0 Å². The molecule has 1 aromatic rings. The normalized spacial score (nSPS) is 20.9. The molecule has 3 rings (SSSR count). The number of hydrogen-bond donors (Lipinski definition) is 1. The second-order valence-electron chi connectivity index (χ2n) is 6.15. The number of amides is 1. The minimum atomic E-state index is 0.341. The van der Waals surface area contributed by atoms with Gasteiger partial charge in [-0.05, 0) is 31.6 Å². The molecule has 1 aliphatic carbocycles. The van der Waals surface area contributed by atoms with Gasteiger partial charge in [-0.25, -0.2) is 4.98 Å². The SMILES string of the molecule is CCc1n[nH]c(CC2CCN(C(=O)C3CCC3)CC2)n1. The van der Waals surface area contributed by atoms with Gasteiger partial charge in [-0.3, -0.25) is 9.89 Å². The van der Waals surface area contributed by atoms with Crippen molar-refractivity contribution in [3.05, 3.63) is 11.6 Å². The maximum Gasteiger partial charge on any atom is 0.225 e. The van der Waals surface area contributed by atoms with Gasteiger partial charge in [0.15, 0.2) is 0 Å². The Morgan fingerprint density at radius 3 is 2.60 bits per heavy atom. The van der Waals surface area contributed by atoms with Crippen LogP contribution in [-0.4, -0.2) is 39.1 Å². The number of piperidine rings is 1. The van der Waals surface area contributed by atoms with Gasteiger partial charge in [0.05, 0.1) is 0 Å². The summed E-state index contributed by atoms with van der Waals surface area (Å²) in [5.74, 6) is 3.29. The van der Waals surface area contributed by atoms with Crippen molar-refractivity contribution in [2.24, 2.45) is 11.8 Å². The number of aromatic nitrogens is 3. The fraction of sp³-hybridized carbons (Fsp3) is 0.800. The van der Waals surface area contributed by atoms with Gasteiger partial charge in [-0.2, -0.15) is 5.10 Å². The molecular formula is C15H24N4O. The average Bonchev–Trinajstić information content (AvgIpc) is 2.85. The van der Waals surface area contributed by atoms with E-state index in [0.717, 1.165) is 63.3 Å². The number of nitrogens with one attached hydrogen (secondary N) is 1. The monoisotopic (exact) mass is 276 g/mol. The molecule has 20 heavy (non-hydrogen) atoms. The fourth-order valence-electron chi connectivity index (χ4n) is 3.13. The van der Waals surface area contributed by atoms with Gasteiger partial charge < -0.3 is 4.90 Å². The quantitative estimate of drug-likeness (QED) is 0.914. The molecule has 5 nitrogen and oxygen atoms in total. The number of carbonyl (C=O) groups excluding carboxylic acids is 1. The molecule has 0 unspecified atom stereocenters. The Labute approximate surface area is 120 Å². The summed E-state index contributed by atoms with van der Waals surface area (Å²) in [5.41, 5.74) is 0. The Balaban J connectivity index is 1.47. The molecule has 0 bridgehead atoms. The van der Waals surface area contributed by atoms with E-state index in [1.807, 2.05) is 0 Å². The van der Waals surface area contributed by atoms with Crippen LogP contribution in [0, 0.1) is 11.8 Å². The maximum atomic E-state index is 12.2. The lowest BCUT2D eigenvalue weighted by Crippen LogP contribution is -2.43. The second kappa shape index (κ2) is 5.94. The van der Waals surface area contributed by atoms with Gasteiger partial charge in [0.1, 0.15) is 11.6 Å². The van der Waals surface area contributed by atoms with Crippen LogP contribution >= 0.6 is 0 Å². The fourth-order valence-corrected chi connectivity index (χ4v) is 3.13. The molecule has 1 aromatic heterocycles. The minimum Gasteiger partial charge on any atom is -0.342 e. The number of aryl methyl sites for hydroxylation is 1. The number of rotatable bonds is 4. The van der Waals surface area contributed by atoms with Crippen LogP contribution in [-0.2, 0) is 17.6 Å². The van der Waals surface area contributed by atoms with Crippen LogP contribution in [0.3, 0.4) is 0 Å². The van der Waals surface area contributed by atoms with Crippen LogP contribution in [0.1, 0.15) is 50.7 Å². The van der Waals surface area contributed by atoms with E-state index in [9.17, 15) is 4.79 Å². The summed E-state index contributed by atoms with van der Waals surface area (Å²) in [7, 11) is 0. The van der Waals surface area contributed by atoms with Crippen molar-refractivity contribution < 1.29 is 4.79 Å². The van der Waals surface area contributed by atoms with Crippen molar-refractivity contribution in [3.8, 4) is 0 Å². The Bertz CT molecular complexity index is 458. The van der Waals surface area contributed by atoms with Gasteiger partial charge in [0, 0.05) is 31.8 Å². The van der Waals surface area contributed by atoms with E-state index in [0.29, 0.717) is 17.7 Å². The highest BCUT2D eigenvalue weighted by atomic mass is 16.2. The van der Waals surface area contributed by atoms with Gasteiger partial charge in [0.2, 0.25) is 5.91 Å². The summed E-state index contributed by atoms with van der Waals surface area (Å²) in [4.78, 5) is 18.7. The van der Waals surface area contributed by atoms with Crippen LogP contribution in [0.5, 0.6) is 0 Å². The minimum absolute atomic E-state index is 0.341. The highest BCUT2D eigenvalue weighted by molar-refractivity contribution is 5.79. The van der Waals surface area contributed by atoms with E-state index in [1.54, 1.807) is 0 Å². The summed E-state index contributed by atoms with van der Waals surface area (Å²) >= 11 is 0. The summed E-state index contributed by atoms with van der Waals surface area (Å²) in [6.07, 6.45) is 7.50. The first-order valence-corrected chi connectivity index (χ1v) is 7.95. The smallest absolute Gasteiger partial charge is 0.225 e. The third kappa shape index (κ3) is 2.86. The maximum absolute atomic E-state index is 12.2. The lowest BCUT2D eigenvalue weighted by atomic mass is 9.83. The number of likely N-dealkylation sites (tertiary alicyclic amines) is 1. The first-order chi connectivity index (χ1) is 9.76. The molecule has 0 spiro atoms. The Kier molecular flexibility index (Phi) is 4.03. The van der Waals surface area contributed by atoms with Crippen molar-refractivity contribution in [2.75, 3.05) is 13.1 Å². The first-order valence-electron chi connectivity index (χ1n) is 7.95.